The average molecular weight is 241 g/mol. The maximum Gasteiger partial charge on any atom is 0.0499 e. The van der Waals surface area contributed by atoms with E-state index >= 15 is 0 Å². The normalized spacial score (nSPS) is 11.9. The summed E-state index contributed by atoms with van der Waals surface area (Å²) in [5, 5.41) is 17.2. The van der Waals surface area contributed by atoms with Gasteiger partial charge in [-0.1, -0.05) is 13.8 Å². The lowest BCUT2D eigenvalue weighted by molar-refractivity contribution is 0.113. The molecular weight excluding hydrogens is 218 g/mol. The van der Waals surface area contributed by atoms with E-state index in [2.05, 4.69) is 36.0 Å². The van der Waals surface area contributed by atoms with Crippen molar-refractivity contribution >= 4 is 11.3 Å². The maximum atomic E-state index is 9.42. The third-order valence-corrected chi connectivity index (χ3v) is 4.24. The number of nitrogens with one attached hydrogen (secondary N) is 1. The van der Waals surface area contributed by atoms with Crippen molar-refractivity contribution in [3.05, 3.63) is 22.4 Å². The number of rotatable bonds is 8. The zero-order valence-corrected chi connectivity index (χ0v) is 11.1. The molecule has 0 aliphatic rings. The van der Waals surface area contributed by atoms with Gasteiger partial charge in [0.1, 0.15) is 0 Å². The molecule has 0 aliphatic heterocycles. The Hall–Kier alpha value is -0.380. The summed E-state index contributed by atoms with van der Waals surface area (Å²) >= 11 is 1.75. The zero-order valence-electron chi connectivity index (χ0n) is 10.3. The molecule has 2 nitrogen and oxygen atoms in total. The molecule has 0 amide bonds. The lowest BCUT2D eigenvalue weighted by Gasteiger charge is -2.29. The second-order valence-electron chi connectivity index (χ2n) is 4.42. The van der Waals surface area contributed by atoms with Crippen LogP contribution in [0.2, 0.25) is 0 Å². The van der Waals surface area contributed by atoms with Crippen LogP contribution in [0.3, 0.4) is 0 Å². The number of thiophene rings is 1. The van der Waals surface area contributed by atoms with Crippen LogP contribution in [-0.2, 0) is 6.42 Å². The summed E-state index contributed by atoms with van der Waals surface area (Å²) in [4.78, 5) is 0. The molecule has 0 unspecified atom stereocenters. The molecule has 0 fully saturated rings. The van der Waals surface area contributed by atoms with Gasteiger partial charge in [0.25, 0.3) is 0 Å². The van der Waals surface area contributed by atoms with Crippen LogP contribution < -0.4 is 5.32 Å². The van der Waals surface area contributed by atoms with E-state index in [0.717, 1.165) is 32.4 Å². The first-order valence-electron chi connectivity index (χ1n) is 6.09. The molecule has 1 aromatic heterocycles. The molecule has 3 heteroatoms. The van der Waals surface area contributed by atoms with Crippen LogP contribution in [0.1, 0.15) is 32.3 Å². The highest BCUT2D eigenvalue weighted by molar-refractivity contribution is 7.07. The topological polar surface area (TPSA) is 32.3 Å². The fourth-order valence-electron chi connectivity index (χ4n) is 1.80. The van der Waals surface area contributed by atoms with Crippen LogP contribution >= 0.6 is 11.3 Å². The van der Waals surface area contributed by atoms with Gasteiger partial charge in [0, 0.05) is 18.6 Å². The summed E-state index contributed by atoms with van der Waals surface area (Å²) in [7, 11) is 0. The van der Waals surface area contributed by atoms with E-state index in [9.17, 15) is 5.11 Å². The highest BCUT2D eigenvalue weighted by atomic mass is 32.1. The zero-order chi connectivity index (χ0) is 11.9. The maximum absolute atomic E-state index is 9.42. The minimum absolute atomic E-state index is 0.0780. The van der Waals surface area contributed by atoms with Crippen molar-refractivity contribution in [2.75, 3.05) is 19.7 Å². The summed E-state index contributed by atoms with van der Waals surface area (Å²) < 4.78 is 0. The summed E-state index contributed by atoms with van der Waals surface area (Å²) in [6, 6.07) is 2.17. The van der Waals surface area contributed by atoms with Gasteiger partial charge in [-0.15, -0.1) is 0 Å². The van der Waals surface area contributed by atoms with Crippen LogP contribution in [-0.4, -0.2) is 24.8 Å². The van der Waals surface area contributed by atoms with Gasteiger partial charge in [0.05, 0.1) is 0 Å². The fraction of sp³-hybridized carbons (Fsp3) is 0.692. The molecule has 1 heterocycles. The molecule has 0 atom stereocenters. The van der Waals surface area contributed by atoms with Crippen LogP contribution in [0.25, 0.3) is 0 Å². The van der Waals surface area contributed by atoms with Gasteiger partial charge in [0.15, 0.2) is 0 Å². The Morgan fingerprint density at radius 1 is 1.38 bits per heavy atom. The molecule has 0 aliphatic carbocycles. The molecule has 16 heavy (non-hydrogen) atoms. The van der Waals surface area contributed by atoms with Crippen molar-refractivity contribution in [3.63, 3.8) is 0 Å². The van der Waals surface area contributed by atoms with Crippen molar-refractivity contribution in [3.8, 4) is 0 Å². The van der Waals surface area contributed by atoms with E-state index < -0.39 is 0 Å². The predicted molar refractivity (Wildman–Crippen MR) is 71.0 cm³/mol. The Labute approximate surface area is 103 Å². The van der Waals surface area contributed by atoms with Crippen molar-refractivity contribution in [2.24, 2.45) is 5.41 Å². The second-order valence-corrected chi connectivity index (χ2v) is 5.20. The standard InChI is InChI=1S/C13H23NOS/c1-3-13(4-2,11-15)10-14-7-5-12-6-8-16-9-12/h6,8-9,14-15H,3-5,7,10-11H2,1-2H3. The first-order chi connectivity index (χ1) is 7.76. The molecule has 0 bridgehead atoms. The van der Waals surface area contributed by atoms with Crippen molar-refractivity contribution in [1.82, 2.24) is 5.32 Å². The summed E-state index contributed by atoms with van der Waals surface area (Å²) in [5.41, 5.74) is 1.48. The molecule has 1 rings (SSSR count). The first-order valence-corrected chi connectivity index (χ1v) is 7.03. The van der Waals surface area contributed by atoms with Gasteiger partial charge in [0.2, 0.25) is 0 Å². The summed E-state index contributed by atoms with van der Waals surface area (Å²) in [6.07, 6.45) is 3.15. The predicted octanol–water partition coefficient (Wildman–Crippen LogP) is 2.68. The molecule has 0 radical (unpaired) electrons. The van der Waals surface area contributed by atoms with Gasteiger partial charge < -0.3 is 10.4 Å². The Balaban J connectivity index is 2.23. The lowest BCUT2D eigenvalue weighted by atomic mass is 9.83. The van der Waals surface area contributed by atoms with E-state index in [4.69, 9.17) is 0 Å². The van der Waals surface area contributed by atoms with E-state index in [-0.39, 0.29) is 12.0 Å². The van der Waals surface area contributed by atoms with Crippen LogP contribution in [0.15, 0.2) is 16.8 Å². The molecule has 0 saturated heterocycles. The Bertz CT molecular complexity index is 259. The number of aliphatic hydroxyl groups is 1. The van der Waals surface area contributed by atoms with E-state index in [1.807, 2.05) is 0 Å². The number of hydrogen-bond acceptors (Lipinski definition) is 3. The van der Waals surface area contributed by atoms with E-state index in [1.54, 1.807) is 11.3 Å². The minimum atomic E-state index is 0.0780. The summed E-state index contributed by atoms with van der Waals surface area (Å²) in [5.74, 6) is 0. The second kappa shape index (κ2) is 7.05. The van der Waals surface area contributed by atoms with Gasteiger partial charge in [-0.2, -0.15) is 11.3 Å². The highest BCUT2D eigenvalue weighted by Crippen LogP contribution is 2.24. The van der Waals surface area contributed by atoms with Gasteiger partial charge in [-0.25, -0.2) is 0 Å². The van der Waals surface area contributed by atoms with Crippen molar-refractivity contribution in [1.29, 1.82) is 0 Å². The SMILES string of the molecule is CCC(CC)(CO)CNCCc1ccsc1. The lowest BCUT2D eigenvalue weighted by Crippen LogP contribution is -2.37. The largest absolute Gasteiger partial charge is 0.396 e. The van der Waals surface area contributed by atoms with Crippen LogP contribution in [0.5, 0.6) is 0 Å². The van der Waals surface area contributed by atoms with Gasteiger partial charge >= 0.3 is 0 Å². The van der Waals surface area contributed by atoms with Gasteiger partial charge in [-0.3, -0.25) is 0 Å². The smallest absolute Gasteiger partial charge is 0.0499 e. The molecule has 0 saturated carbocycles. The summed E-state index contributed by atoms with van der Waals surface area (Å²) in [6.45, 7) is 6.51. The van der Waals surface area contributed by atoms with Crippen molar-refractivity contribution < 1.29 is 5.11 Å². The average Bonchev–Trinajstić information content (AvgIpc) is 2.83. The van der Waals surface area contributed by atoms with E-state index in [1.165, 1.54) is 5.56 Å². The monoisotopic (exact) mass is 241 g/mol. The third-order valence-electron chi connectivity index (χ3n) is 3.51. The molecule has 0 spiro atoms. The van der Waals surface area contributed by atoms with Crippen LogP contribution in [0.4, 0.5) is 0 Å². The molecule has 0 aromatic carbocycles. The van der Waals surface area contributed by atoms with Crippen molar-refractivity contribution in [2.45, 2.75) is 33.1 Å². The Morgan fingerprint density at radius 3 is 2.62 bits per heavy atom. The first kappa shape index (κ1) is 13.7. The molecular formula is C13H23NOS. The van der Waals surface area contributed by atoms with E-state index in [0.29, 0.717) is 0 Å². The number of hydrogen-bond donors (Lipinski definition) is 2. The fourth-order valence-corrected chi connectivity index (χ4v) is 2.50. The Morgan fingerprint density at radius 2 is 2.12 bits per heavy atom. The van der Waals surface area contributed by atoms with Crippen LogP contribution in [0, 0.1) is 5.41 Å². The molecule has 1 aromatic rings. The van der Waals surface area contributed by atoms with Gasteiger partial charge in [-0.05, 0) is 48.2 Å². The third kappa shape index (κ3) is 3.89. The quantitative estimate of drug-likeness (QED) is 0.686. The highest BCUT2D eigenvalue weighted by Gasteiger charge is 2.24. The molecule has 92 valence electrons. The molecule has 2 N–H and O–H groups in total. The number of aliphatic hydroxyl groups excluding tert-OH is 1. The minimum Gasteiger partial charge on any atom is -0.396 e. The Kier molecular flexibility index (Phi) is 6.03.